The van der Waals surface area contributed by atoms with Gasteiger partial charge in [0.05, 0.1) is 5.39 Å². The molecule has 4 aromatic rings. The molecule has 1 fully saturated rings. The average Bonchev–Trinajstić information content (AvgIpc) is 3.45. The fourth-order valence-electron chi connectivity index (χ4n) is 4.45. The molecule has 1 atom stereocenters. The summed E-state index contributed by atoms with van der Waals surface area (Å²) in [7, 11) is 0. The SMILES string of the molecule is Cc1cnc(-c2cc3c(OCC(O)CN4CCC(c5ccc(Cl)cc5)CC4)cccc3o2)s1. The number of aliphatic hydroxyl groups is 1. The van der Waals surface area contributed by atoms with Crippen LogP contribution in [0.2, 0.25) is 5.02 Å². The molecule has 0 aliphatic carbocycles. The van der Waals surface area contributed by atoms with E-state index in [2.05, 4.69) is 22.0 Å². The summed E-state index contributed by atoms with van der Waals surface area (Å²) in [6, 6.07) is 15.9. The zero-order chi connectivity index (χ0) is 22.8. The lowest BCUT2D eigenvalue weighted by Gasteiger charge is -2.33. The third kappa shape index (κ3) is 5.25. The Labute approximate surface area is 202 Å². The first-order chi connectivity index (χ1) is 16.0. The van der Waals surface area contributed by atoms with Crippen LogP contribution in [0.1, 0.15) is 29.2 Å². The molecule has 0 saturated carbocycles. The summed E-state index contributed by atoms with van der Waals surface area (Å²) >= 11 is 7.61. The number of likely N-dealkylation sites (tertiary alicyclic amines) is 1. The second-order valence-electron chi connectivity index (χ2n) is 8.65. The number of aryl methyl sites for hydroxylation is 1. The van der Waals surface area contributed by atoms with Crippen molar-refractivity contribution in [3.8, 4) is 16.5 Å². The van der Waals surface area contributed by atoms with Gasteiger partial charge in [-0.3, -0.25) is 0 Å². The molecule has 0 radical (unpaired) electrons. The lowest BCUT2D eigenvalue weighted by Crippen LogP contribution is -2.40. The summed E-state index contributed by atoms with van der Waals surface area (Å²) in [6.45, 7) is 4.82. The van der Waals surface area contributed by atoms with E-state index in [1.165, 1.54) is 5.56 Å². The van der Waals surface area contributed by atoms with E-state index in [0.717, 1.165) is 63.3 Å². The van der Waals surface area contributed by atoms with Crippen molar-refractivity contribution in [3.05, 3.63) is 70.2 Å². The smallest absolute Gasteiger partial charge is 0.164 e. The Bertz CT molecular complexity index is 1210. The quantitative estimate of drug-likeness (QED) is 0.343. The highest BCUT2D eigenvalue weighted by Crippen LogP contribution is 2.35. The number of furan rings is 1. The normalized spacial score (nSPS) is 16.3. The van der Waals surface area contributed by atoms with Crippen molar-refractivity contribution in [3.63, 3.8) is 0 Å². The first-order valence-electron chi connectivity index (χ1n) is 11.3. The molecule has 0 bridgehead atoms. The zero-order valence-electron chi connectivity index (χ0n) is 18.5. The Morgan fingerprint density at radius 2 is 2.00 bits per heavy atom. The summed E-state index contributed by atoms with van der Waals surface area (Å²) in [5, 5.41) is 13.2. The summed E-state index contributed by atoms with van der Waals surface area (Å²) in [4.78, 5) is 7.87. The van der Waals surface area contributed by atoms with E-state index < -0.39 is 6.10 Å². The van der Waals surface area contributed by atoms with Crippen LogP contribution in [-0.2, 0) is 0 Å². The number of ether oxygens (including phenoxy) is 1. The number of aliphatic hydroxyl groups excluding tert-OH is 1. The number of hydrogen-bond acceptors (Lipinski definition) is 6. The maximum absolute atomic E-state index is 10.6. The highest BCUT2D eigenvalue weighted by atomic mass is 35.5. The van der Waals surface area contributed by atoms with Crippen molar-refractivity contribution in [2.75, 3.05) is 26.2 Å². The standard InChI is InChI=1S/C26H27ClN2O3S/c1-17-14-28-26(33-17)25-13-22-23(3-2-4-24(22)32-25)31-16-21(30)15-29-11-9-19(10-12-29)18-5-7-20(27)8-6-18/h2-8,13-14,19,21,30H,9-12,15-16H2,1H3. The highest BCUT2D eigenvalue weighted by Gasteiger charge is 2.22. The molecule has 1 saturated heterocycles. The second-order valence-corrected chi connectivity index (χ2v) is 10.3. The lowest BCUT2D eigenvalue weighted by atomic mass is 9.89. The predicted molar refractivity (Wildman–Crippen MR) is 133 cm³/mol. The molecule has 1 aliphatic rings. The average molecular weight is 483 g/mol. The van der Waals surface area contributed by atoms with Gasteiger partial charge in [0.1, 0.15) is 24.0 Å². The van der Waals surface area contributed by atoms with Crippen molar-refractivity contribution in [2.24, 2.45) is 0 Å². The van der Waals surface area contributed by atoms with E-state index in [1.54, 1.807) is 11.3 Å². The number of aromatic nitrogens is 1. The fraction of sp³-hybridized carbons (Fsp3) is 0.346. The van der Waals surface area contributed by atoms with Crippen LogP contribution in [0.5, 0.6) is 5.75 Å². The molecule has 2 aromatic carbocycles. The van der Waals surface area contributed by atoms with Gasteiger partial charge >= 0.3 is 0 Å². The fourth-order valence-corrected chi connectivity index (χ4v) is 5.30. The molecule has 1 unspecified atom stereocenters. The lowest BCUT2D eigenvalue weighted by molar-refractivity contribution is 0.0599. The van der Waals surface area contributed by atoms with Crippen LogP contribution in [0.3, 0.4) is 0 Å². The minimum absolute atomic E-state index is 0.243. The number of hydrogen-bond donors (Lipinski definition) is 1. The van der Waals surface area contributed by atoms with Crippen LogP contribution >= 0.6 is 22.9 Å². The molecule has 2 aromatic heterocycles. The third-order valence-corrected chi connectivity index (χ3v) is 7.36. The van der Waals surface area contributed by atoms with Crippen LogP contribution in [0.25, 0.3) is 21.7 Å². The largest absolute Gasteiger partial charge is 0.490 e. The van der Waals surface area contributed by atoms with Gasteiger partial charge < -0.3 is 19.2 Å². The minimum Gasteiger partial charge on any atom is -0.490 e. The van der Waals surface area contributed by atoms with E-state index in [-0.39, 0.29) is 6.61 Å². The molecular weight excluding hydrogens is 456 g/mol. The maximum Gasteiger partial charge on any atom is 0.164 e. The van der Waals surface area contributed by atoms with Crippen molar-refractivity contribution in [1.29, 1.82) is 0 Å². The number of rotatable bonds is 7. The van der Waals surface area contributed by atoms with E-state index in [0.29, 0.717) is 12.5 Å². The Morgan fingerprint density at radius 1 is 1.21 bits per heavy atom. The number of fused-ring (bicyclic) bond motifs is 1. The van der Waals surface area contributed by atoms with Crippen LogP contribution < -0.4 is 4.74 Å². The van der Waals surface area contributed by atoms with Gasteiger partial charge in [0.15, 0.2) is 10.8 Å². The van der Waals surface area contributed by atoms with Gasteiger partial charge in [-0.15, -0.1) is 11.3 Å². The van der Waals surface area contributed by atoms with E-state index in [4.69, 9.17) is 20.8 Å². The van der Waals surface area contributed by atoms with Gasteiger partial charge in [-0.1, -0.05) is 29.8 Å². The van der Waals surface area contributed by atoms with Crippen molar-refractivity contribution < 1.29 is 14.3 Å². The molecule has 0 amide bonds. The summed E-state index contributed by atoms with van der Waals surface area (Å²) in [5.74, 6) is 2.01. The number of thiazole rings is 1. The summed E-state index contributed by atoms with van der Waals surface area (Å²) in [6.07, 6.45) is 3.46. The van der Waals surface area contributed by atoms with Gasteiger partial charge in [-0.05, 0) is 74.7 Å². The monoisotopic (exact) mass is 482 g/mol. The number of halogens is 1. The van der Waals surface area contributed by atoms with Gasteiger partial charge in [0, 0.05) is 22.6 Å². The summed E-state index contributed by atoms with van der Waals surface area (Å²) in [5.41, 5.74) is 2.11. The Morgan fingerprint density at radius 3 is 2.73 bits per heavy atom. The Balaban J connectivity index is 1.16. The van der Waals surface area contributed by atoms with Gasteiger partial charge in [0.2, 0.25) is 0 Å². The van der Waals surface area contributed by atoms with Crippen LogP contribution in [-0.4, -0.2) is 47.3 Å². The molecule has 5 rings (SSSR count). The number of benzene rings is 2. The number of piperidine rings is 1. The van der Waals surface area contributed by atoms with E-state index >= 15 is 0 Å². The molecule has 3 heterocycles. The number of nitrogens with zero attached hydrogens (tertiary/aromatic N) is 2. The van der Waals surface area contributed by atoms with E-state index in [1.807, 2.05) is 49.5 Å². The predicted octanol–water partition coefficient (Wildman–Crippen LogP) is 6.14. The van der Waals surface area contributed by atoms with Gasteiger partial charge in [-0.25, -0.2) is 4.98 Å². The Kier molecular flexibility index (Phi) is 6.69. The van der Waals surface area contributed by atoms with Crippen LogP contribution in [0.4, 0.5) is 0 Å². The molecule has 0 spiro atoms. The molecule has 1 N–H and O–H groups in total. The van der Waals surface area contributed by atoms with E-state index in [9.17, 15) is 5.11 Å². The van der Waals surface area contributed by atoms with Crippen molar-refractivity contribution in [1.82, 2.24) is 9.88 Å². The first-order valence-corrected chi connectivity index (χ1v) is 12.5. The maximum atomic E-state index is 10.6. The molecule has 5 nitrogen and oxygen atoms in total. The topological polar surface area (TPSA) is 58.7 Å². The van der Waals surface area contributed by atoms with Gasteiger partial charge in [0.25, 0.3) is 0 Å². The zero-order valence-corrected chi connectivity index (χ0v) is 20.1. The summed E-state index contributed by atoms with van der Waals surface area (Å²) < 4.78 is 12.0. The molecule has 1 aliphatic heterocycles. The molecule has 7 heteroatoms. The highest BCUT2D eigenvalue weighted by molar-refractivity contribution is 7.14. The van der Waals surface area contributed by atoms with Crippen molar-refractivity contribution >= 4 is 33.9 Å². The number of β-amino-alcohol motifs (C(OH)–C–C–N with tert-alkyl or cyclic N) is 1. The molecule has 172 valence electrons. The van der Waals surface area contributed by atoms with Crippen molar-refractivity contribution in [2.45, 2.75) is 31.8 Å². The van der Waals surface area contributed by atoms with Gasteiger partial charge in [-0.2, -0.15) is 0 Å². The molecular formula is C26H27ClN2O3S. The third-order valence-electron chi connectivity index (χ3n) is 6.18. The Hall–Kier alpha value is -2.38. The second kappa shape index (κ2) is 9.85. The van der Waals surface area contributed by atoms with Crippen LogP contribution in [0, 0.1) is 6.92 Å². The minimum atomic E-state index is -0.555. The first kappa shape index (κ1) is 22.4. The molecule has 33 heavy (non-hydrogen) atoms. The van der Waals surface area contributed by atoms with Crippen LogP contribution in [0.15, 0.2) is 59.1 Å².